The Balaban J connectivity index is 2.27. The molecule has 0 aliphatic carbocycles. The zero-order chi connectivity index (χ0) is 17.6. The van der Waals surface area contributed by atoms with E-state index in [1.807, 2.05) is 6.92 Å². The van der Waals surface area contributed by atoms with Gasteiger partial charge in [0.15, 0.2) is 0 Å². The molecule has 0 saturated carbocycles. The Bertz CT molecular complexity index is 802. The molecule has 0 saturated heterocycles. The number of carbonyl (C=O) groups is 1. The van der Waals surface area contributed by atoms with E-state index in [1.165, 1.54) is 19.2 Å². The molecule has 2 N–H and O–H groups in total. The van der Waals surface area contributed by atoms with Crippen molar-refractivity contribution in [2.75, 3.05) is 18.4 Å². The second kappa shape index (κ2) is 7.83. The summed E-state index contributed by atoms with van der Waals surface area (Å²) in [7, 11) is -2.29. The lowest BCUT2D eigenvalue weighted by Gasteiger charge is -2.13. The molecule has 2 aromatic rings. The van der Waals surface area contributed by atoms with E-state index in [4.69, 9.17) is 4.74 Å². The molecular weight excluding hydrogens is 328 g/mol. The molecule has 7 heteroatoms. The van der Waals surface area contributed by atoms with Gasteiger partial charge in [-0.1, -0.05) is 19.1 Å². The van der Waals surface area contributed by atoms with Crippen LogP contribution in [0.5, 0.6) is 5.75 Å². The first-order chi connectivity index (χ1) is 11.5. The Morgan fingerprint density at radius 3 is 2.38 bits per heavy atom. The molecule has 24 heavy (non-hydrogen) atoms. The first-order valence-corrected chi connectivity index (χ1v) is 9.00. The average molecular weight is 348 g/mol. The third-order valence-corrected chi connectivity index (χ3v) is 4.70. The minimum Gasteiger partial charge on any atom is -0.497 e. The molecule has 0 radical (unpaired) electrons. The van der Waals surface area contributed by atoms with Gasteiger partial charge < -0.3 is 10.1 Å². The molecule has 0 aliphatic rings. The van der Waals surface area contributed by atoms with Gasteiger partial charge in [-0.05, 0) is 42.8 Å². The van der Waals surface area contributed by atoms with Gasteiger partial charge >= 0.3 is 0 Å². The van der Waals surface area contributed by atoms with Gasteiger partial charge in [0.05, 0.1) is 23.3 Å². The van der Waals surface area contributed by atoms with E-state index in [0.717, 1.165) is 6.42 Å². The summed E-state index contributed by atoms with van der Waals surface area (Å²) in [5.41, 5.74) is 0.518. The lowest BCUT2D eigenvalue weighted by atomic mass is 10.1. The van der Waals surface area contributed by atoms with Crippen LogP contribution in [-0.2, 0) is 10.0 Å². The number of sulfonamides is 1. The van der Waals surface area contributed by atoms with E-state index in [2.05, 4.69) is 10.0 Å². The zero-order valence-corrected chi connectivity index (χ0v) is 14.4. The van der Waals surface area contributed by atoms with Crippen molar-refractivity contribution in [1.29, 1.82) is 0 Å². The Morgan fingerprint density at radius 1 is 1.08 bits per heavy atom. The van der Waals surface area contributed by atoms with Crippen LogP contribution in [0.1, 0.15) is 23.7 Å². The number of hydrogen-bond acceptors (Lipinski definition) is 4. The summed E-state index contributed by atoms with van der Waals surface area (Å²) in [5, 5.41) is 2.74. The minimum atomic E-state index is -3.80. The summed E-state index contributed by atoms with van der Waals surface area (Å²) < 4.78 is 32.5. The fraction of sp³-hybridized carbons (Fsp3) is 0.235. The highest BCUT2D eigenvalue weighted by molar-refractivity contribution is 7.92. The first-order valence-electron chi connectivity index (χ1n) is 7.52. The van der Waals surface area contributed by atoms with Gasteiger partial charge in [-0.3, -0.25) is 9.52 Å². The van der Waals surface area contributed by atoms with Crippen LogP contribution in [0.2, 0.25) is 0 Å². The monoisotopic (exact) mass is 348 g/mol. The maximum absolute atomic E-state index is 12.5. The van der Waals surface area contributed by atoms with Crippen molar-refractivity contribution in [2.45, 2.75) is 18.2 Å². The maximum Gasteiger partial charge on any atom is 0.261 e. The van der Waals surface area contributed by atoms with E-state index in [0.29, 0.717) is 12.3 Å². The van der Waals surface area contributed by atoms with Crippen molar-refractivity contribution in [3.8, 4) is 5.75 Å². The van der Waals surface area contributed by atoms with Crippen LogP contribution < -0.4 is 14.8 Å². The predicted octanol–water partition coefficient (Wildman–Crippen LogP) is 2.64. The number of rotatable bonds is 7. The van der Waals surface area contributed by atoms with Crippen LogP contribution in [0, 0.1) is 0 Å². The number of anilines is 1. The number of benzene rings is 2. The number of amides is 1. The SMILES string of the molecule is CCCNC(=O)c1ccccc1NS(=O)(=O)c1ccc(OC)cc1. The van der Waals surface area contributed by atoms with Crippen molar-refractivity contribution < 1.29 is 17.9 Å². The summed E-state index contributed by atoms with van der Waals surface area (Å²) in [6.45, 7) is 2.47. The van der Waals surface area contributed by atoms with Crippen LogP contribution in [0.25, 0.3) is 0 Å². The number of methoxy groups -OCH3 is 1. The first kappa shape index (κ1) is 17.8. The largest absolute Gasteiger partial charge is 0.497 e. The number of carbonyl (C=O) groups excluding carboxylic acids is 1. The van der Waals surface area contributed by atoms with E-state index in [1.54, 1.807) is 36.4 Å². The molecule has 0 bridgehead atoms. The smallest absolute Gasteiger partial charge is 0.261 e. The van der Waals surface area contributed by atoms with E-state index in [9.17, 15) is 13.2 Å². The van der Waals surface area contributed by atoms with Gasteiger partial charge in [0.25, 0.3) is 15.9 Å². The van der Waals surface area contributed by atoms with Gasteiger partial charge in [-0.25, -0.2) is 8.42 Å². The van der Waals surface area contributed by atoms with Gasteiger partial charge in [0.1, 0.15) is 5.75 Å². The molecular formula is C17H20N2O4S. The fourth-order valence-electron chi connectivity index (χ4n) is 2.06. The van der Waals surface area contributed by atoms with Crippen LogP contribution >= 0.6 is 0 Å². The lowest BCUT2D eigenvalue weighted by Crippen LogP contribution is -2.25. The molecule has 2 aromatic carbocycles. The molecule has 0 fully saturated rings. The third-order valence-electron chi connectivity index (χ3n) is 3.32. The van der Waals surface area contributed by atoms with Crippen molar-refractivity contribution in [1.82, 2.24) is 5.32 Å². The topological polar surface area (TPSA) is 84.5 Å². The Hall–Kier alpha value is -2.54. The molecule has 0 aliphatic heterocycles. The molecule has 1 amide bonds. The van der Waals surface area contributed by atoms with Crippen molar-refractivity contribution in [2.24, 2.45) is 0 Å². The van der Waals surface area contributed by atoms with Crippen LogP contribution in [0.3, 0.4) is 0 Å². The highest BCUT2D eigenvalue weighted by Crippen LogP contribution is 2.21. The molecule has 2 rings (SSSR count). The standard InChI is InChI=1S/C17H20N2O4S/c1-3-12-18-17(20)15-6-4-5-7-16(15)19-24(21,22)14-10-8-13(23-2)9-11-14/h4-11,19H,3,12H2,1-2H3,(H,18,20). The summed E-state index contributed by atoms with van der Waals surface area (Å²) in [4.78, 5) is 12.3. The fourth-order valence-corrected chi connectivity index (χ4v) is 3.14. The van der Waals surface area contributed by atoms with Gasteiger partial charge in [0, 0.05) is 6.54 Å². The summed E-state index contributed by atoms with van der Waals surface area (Å²) in [6.07, 6.45) is 0.797. The highest BCUT2D eigenvalue weighted by Gasteiger charge is 2.18. The third kappa shape index (κ3) is 4.26. The Kier molecular flexibility index (Phi) is 5.81. The Labute approximate surface area is 141 Å². The maximum atomic E-state index is 12.5. The van der Waals surface area contributed by atoms with Crippen molar-refractivity contribution in [3.63, 3.8) is 0 Å². The number of para-hydroxylation sites is 1. The van der Waals surface area contributed by atoms with Gasteiger partial charge in [-0.15, -0.1) is 0 Å². The van der Waals surface area contributed by atoms with E-state index in [-0.39, 0.29) is 22.1 Å². The van der Waals surface area contributed by atoms with Crippen molar-refractivity contribution >= 4 is 21.6 Å². The molecule has 6 nitrogen and oxygen atoms in total. The second-order valence-electron chi connectivity index (χ2n) is 5.08. The van der Waals surface area contributed by atoms with Crippen molar-refractivity contribution in [3.05, 3.63) is 54.1 Å². The molecule has 0 atom stereocenters. The summed E-state index contributed by atoms with van der Waals surface area (Å²) >= 11 is 0. The molecule has 0 heterocycles. The predicted molar refractivity (Wildman–Crippen MR) is 92.9 cm³/mol. The summed E-state index contributed by atoms with van der Waals surface area (Å²) in [5.74, 6) is 0.248. The highest BCUT2D eigenvalue weighted by atomic mass is 32.2. The van der Waals surface area contributed by atoms with Gasteiger partial charge in [0.2, 0.25) is 0 Å². The quantitative estimate of drug-likeness (QED) is 0.805. The number of nitrogens with one attached hydrogen (secondary N) is 2. The average Bonchev–Trinajstić information content (AvgIpc) is 2.60. The lowest BCUT2D eigenvalue weighted by molar-refractivity contribution is 0.0954. The normalized spacial score (nSPS) is 10.9. The molecule has 128 valence electrons. The summed E-state index contributed by atoms with van der Waals surface area (Å²) in [6, 6.07) is 12.5. The van der Waals surface area contributed by atoms with E-state index >= 15 is 0 Å². The molecule has 0 aromatic heterocycles. The number of hydrogen-bond donors (Lipinski definition) is 2. The molecule has 0 unspecified atom stereocenters. The minimum absolute atomic E-state index is 0.0899. The molecule has 0 spiro atoms. The zero-order valence-electron chi connectivity index (χ0n) is 13.6. The second-order valence-corrected chi connectivity index (χ2v) is 6.76. The number of ether oxygens (including phenoxy) is 1. The van der Waals surface area contributed by atoms with Crippen LogP contribution in [0.4, 0.5) is 5.69 Å². The van der Waals surface area contributed by atoms with E-state index < -0.39 is 10.0 Å². The van der Waals surface area contributed by atoms with Crippen LogP contribution in [-0.4, -0.2) is 28.0 Å². The van der Waals surface area contributed by atoms with Crippen LogP contribution in [0.15, 0.2) is 53.4 Å². The van der Waals surface area contributed by atoms with Gasteiger partial charge in [-0.2, -0.15) is 0 Å². The Morgan fingerprint density at radius 2 is 1.75 bits per heavy atom.